The van der Waals surface area contributed by atoms with Gasteiger partial charge in [0.25, 0.3) is 5.91 Å². The van der Waals surface area contributed by atoms with Crippen molar-refractivity contribution in [2.75, 3.05) is 6.61 Å². The van der Waals surface area contributed by atoms with Crippen LogP contribution in [0.5, 0.6) is 5.75 Å². The number of carbonyl (C=O) groups is 2. The summed E-state index contributed by atoms with van der Waals surface area (Å²) in [6, 6.07) is 28.1. The van der Waals surface area contributed by atoms with Gasteiger partial charge < -0.3 is 14.7 Å². The number of nitrogens with zero attached hydrogens (tertiary/aromatic N) is 2. The number of amides is 1. The summed E-state index contributed by atoms with van der Waals surface area (Å²) in [5, 5.41) is 8.81. The highest BCUT2D eigenvalue weighted by atomic mass is 16.5. The van der Waals surface area contributed by atoms with Crippen LogP contribution in [0.25, 0.3) is 11.1 Å². The molecule has 0 saturated carbocycles. The second-order valence-corrected chi connectivity index (χ2v) is 8.95. The lowest BCUT2D eigenvalue weighted by Gasteiger charge is -2.24. The highest BCUT2D eigenvalue weighted by molar-refractivity contribution is 5.94. The fraction of sp³-hybridized carbons (Fsp3) is 0.219. The van der Waals surface area contributed by atoms with E-state index in [0.717, 1.165) is 35.1 Å². The zero-order valence-electron chi connectivity index (χ0n) is 22.2. The predicted octanol–water partition coefficient (Wildman–Crippen LogP) is 6.62. The Bertz CT molecular complexity index is 1350. The number of aromatic nitrogens is 1. The maximum Gasteiger partial charge on any atom is 0.303 e. The monoisotopic (exact) mass is 509 g/mol. The van der Waals surface area contributed by atoms with Gasteiger partial charge in [-0.1, -0.05) is 60.7 Å². The van der Waals surface area contributed by atoms with Crippen LogP contribution < -0.4 is 4.74 Å². The summed E-state index contributed by atoms with van der Waals surface area (Å²) >= 11 is 0. The Kier molecular flexibility index (Phi) is 9.12. The molecule has 3 aromatic carbocycles. The van der Waals surface area contributed by atoms with Gasteiger partial charge >= 0.3 is 5.97 Å². The lowest BCUT2D eigenvalue weighted by Crippen LogP contribution is -2.30. The SMILES string of the molecule is [2H]C(c1ccccc1)N(Cc1ccccc1OCCCCCC(=O)O)C(=O)c1ccc(-c2ccncc2)cc1. The van der Waals surface area contributed by atoms with E-state index in [1.165, 1.54) is 0 Å². The summed E-state index contributed by atoms with van der Waals surface area (Å²) in [6.45, 7) is -0.268. The van der Waals surface area contributed by atoms with Crippen LogP contribution in [0.2, 0.25) is 0 Å². The molecule has 1 heterocycles. The summed E-state index contributed by atoms with van der Waals surface area (Å²) in [6.07, 6.45) is 5.73. The molecule has 0 spiro atoms. The largest absolute Gasteiger partial charge is 0.493 e. The molecule has 1 unspecified atom stereocenters. The number of carboxylic acid groups (broad SMARTS) is 1. The lowest BCUT2D eigenvalue weighted by atomic mass is 10.0. The van der Waals surface area contributed by atoms with Gasteiger partial charge in [-0.15, -0.1) is 0 Å². The second kappa shape index (κ2) is 13.7. The molecule has 0 radical (unpaired) electrons. The molecule has 0 aliphatic heterocycles. The van der Waals surface area contributed by atoms with Gasteiger partial charge in [-0.05, 0) is 66.3 Å². The molecule has 1 amide bonds. The van der Waals surface area contributed by atoms with Gasteiger partial charge in [0.15, 0.2) is 0 Å². The third-order valence-electron chi connectivity index (χ3n) is 6.12. The van der Waals surface area contributed by atoms with Crippen molar-refractivity contribution in [2.45, 2.75) is 38.7 Å². The number of carboxylic acids is 1. The first-order valence-electron chi connectivity index (χ1n) is 13.3. The summed E-state index contributed by atoms with van der Waals surface area (Å²) in [5.41, 5.74) is 4.01. The molecule has 0 saturated heterocycles. The molecule has 1 N–H and O–H groups in total. The molecule has 194 valence electrons. The molecule has 38 heavy (non-hydrogen) atoms. The zero-order valence-corrected chi connectivity index (χ0v) is 21.2. The Morgan fingerprint density at radius 3 is 2.24 bits per heavy atom. The lowest BCUT2D eigenvalue weighted by molar-refractivity contribution is -0.137. The Labute approximate surface area is 225 Å². The number of ether oxygens (including phenoxy) is 1. The molecule has 6 heteroatoms. The van der Waals surface area contributed by atoms with Gasteiger partial charge in [-0.2, -0.15) is 0 Å². The van der Waals surface area contributed by atoms with E-state index in [1.807, 2.05) is 78.9 Å². The highest BCUT2D eigenvalue weighted by Crippen LogP contribution is 2.24. The number of aliphatic carboxylic acids is 1. The number of pyridine rings is 1. The molecular weight excluding hydrogens is 476 g/mol. The van der Waals surface area contributed by atoms with Gasteiger partial charge in [0.05, 0.1) is 7.98 Å². The van der Waals surface area contributed by atoms with E-state index in [0.29, 0.717) is 24.3 Å². The van der Waals surface area contributed by atoms with E-state index in [2.05, 4.69) is 4.98 Å². The predicted molar refractivity (Wildman–Crippen MR) is 148 cm³/mol. The van der Waals surface area contributed by atoms with Crippen molar-refractivity contribution in [1.29, 1.82) is 0 Å². The van der Waals surface area contributed by atoms with E-state index in [4.69, 9.17) is 11.2 Å². The van der Waals surface area contributed by atoms with Gasteiger partial charge in [0, 0.05) is 43.0 Å². The number of hydrogen-bond acceptors (Lipinski definition) is 4. The molecule has 6 nitrogen and oxygen atoms in total. The molecule has 0 aliphatic rings. The average Bonchev–Trinajstić information content (AvgIpc) is 2.98. The van der Waals surface area contributed by atoms with Crippen molar-refractivity contribution in [2.24, 2.45) is 0 Å². The third kappa shape index (κ3) is 7.77. The molecule has 4 rings (SSSR count). The van der Waals surface area contributed by atoms with E-state index in [9.17, 15) is 9.59 Å². The topological polar surface area (TPSA) is 79.7 Å². The number of hydrogen-bond donors (Lipinski definition) is 1. The third-order valence-corrected chi connectivity index (χ3v) is 6.12. The standard InChI is InChI=1S/C32H32N2O4/c35-31(36)13-5-2-8-22-38-30-12-7-6-11-29(30)24-34(23-25-9-3-1-4-10-25)32(37)28-16-14-26(15-17-28)27-18-20-33-21-19-27/h1,3-4,6-7,9-12,14-21H,2,5,8,13,22-24H2,(H,35,36)/i23D. The zero-order chi connectivity index (χ0) is 27.5. The molecule has 0 fully saturated rings. The highest BCUT2D eigenvalue weighted by Gasteiger charge is 2.19. The Morgan fingerprint density at radius 2 is 1.50 bits per heavy atom. The van der Waals surface area contributed by atoms with Crippen LogP contribution >= 0.6 is 0 Å². The first-order chi connectivity index (χ1) is 19.0. The van der Waals surface area contributed by atoms with E-state index in [-0.39, 0.29) is 18.9 Å². The quantitative estimate of drug-likeness (QED) is 0.205. The van der Waals surface area contributed by atoms with Crippen LogP contribution in [0.3, 0.4) is 0 Å². The summed E-state index contributed by atoms with van der Waals surface area (Å²) in [5.74, 6) is -0.383. The van der Waals surface area contributed by atoms with Crippen LogP contribution in [0.4, 0.5) is 0 Å². The summed E-state index contributed by atoms with van der Waals surface area (Å²) < 4.78 is 15.0. The van der Waals surface area contributed by atoms with Crippen molar-refractivity contribution in [3.05, 3.63) is 120 Å². The maximum atomic E-state index is 13.8. The second-order valence-electron chi connectivity index (χ2n) is 8.95. The van der Waals surface area contributed by atoms with Gasteiger partial charge in [0.2, 0.25) is 0 Å². The van der Waals surface area contributed by atoms with E-state index >= 15 is 0 Å². The van der Waals surface area contributed by atoms with Gasteiger partial charge in [-0.25, -0.2) is 0 Å². The van der Waals surface area contributed by atoms with Crippen molar-refractivity contribution >= 4 is 11.9 Å². The minimum atomic E-state index is -0.914. The van der Waals surface area contributed by atoms with Crippen molar-refractivity contribution in [1.82, 2.24) is 9.88 Å². The van der Waals surface area contributed by atoms with Crippen LogP contribution in [0.1, 0.15) is 48.5 Å². The molecule has 0 aliphatic carbocycles. The van der Waals surface area contributed by atoms with Crippen LogP contribution in [0.15, 0.2) is 103 Å². The number of unbranched alkanes of at least 4 members (excludes halogenated alkanes) is 2. The van der Waals surface area contributed by atoms with Crippen LogP contribution in [-0.4, -0.2) is 33.5 Å². The summed E-state index contributed by atoms with van der Waals surface area (Å²) in [4.78, 5) is 30.1. The Hall–Kier alpha value is -4.45. The number of rotatable bonds is 13. The summed E-state index contributed by atoms with van der Waals surface area (Å²) in [7, 11) is 0. The molecule has 1 atom stereocenters. The molecule has 0 bridgehead atoms. The minimum Gasteiger partial charge on any atom is -0.493 e. The maximum absolute atomic E-state index is 13.8. The normalized spacial score (nSPS) is 11.8. The van der Waals surface area contributed by atoms with Gasteiger partial charge in [0.1, 0.15) is 5.75 Å². The first-order valence-corrected chi connectivity index (χ1v) is 12.7. The molecular formula is C32H32N2O4. The van der Waals surface area contributed by atoms with E-state index < -0.39 is 12.5 Å². The van der Waals surface area contributed by atoms with Crippen molar-refractivity contribution in [3.8, 4) is 16.9 Å². The first kappa shape index (κ1) is 25.2. The van der Waals surface area contributed by atoms with Crippen LogP contribution in [-0.2, 0) is 17.9 Å². The average molecular weight is 510 g/mol. The fourth-order valence-electron chi connectivity index (χ4n) is 4.11. The smallest absolute Gasteiger partial charge is 0.303 e. The van der Waals surface area contributed by atoms with Crippen molar-refractivity contribution < 1.29 is 20.8 Å². The number of para-hydroxylation sites is 1. The van der Waals surface area contributed by atoms with Crippen molar-refractivity contribution in [3.63, 3.8) is 0 Å². The minimum absolute atomic E-state index is 0.154. The van der Waals surface area contributed by atoms with Crippen LogP contribution in [0, 0.1) is 0 Å². The van der Waals surface area contributed by atoms with Gasteiger partial charge in [-0.3, -0.25) is 14.6 Å². The number of benzene rings is 3. The Morgan fingerprint density at radius 1 is 0.816 bits per heavy atom. The van der Waals surface area contributed by atoms with E-state index in [1.54, 1.807) is 29.4 Å². The Balaban J connectivity index is 1.53. The number of carbonyl (C=O) groups excluding carboxylic acids is 1. The molecule has 4 aromatic rings. The fourth-order valence-corrected chi connectivity index (χ4v) is 4.11. The molecule has 1 aromatic heterocycles.